The van der Waals surface area contributed by atoms with Crippen molar-refractivity contribution < 1.29 is 14.2 Å². The molecule has 2 aromatic rings. The van der Waals surface area contributed by atoms with Gasteiger partial charge in [-0.25, -0.2) is 0 Å². The van der Waals surface area contributed by atoms with Gasteiger partial charge in [-0.05, 0) is 6.92 Å². The van der Waals surface area contributed by atoms with E-state index >= 15 is 0 Å². The highest BCUT2D eigenvalue weighted by Gasteiger charge is 2.07. The molecule has 0 radical (unpaired) electrons. The van der Waals surface area contributed by atoms with Gasteiger partial charge in [0.25, 0.3) is 5.19 Å². The number of hydrogen-bond acceptors (Lipinski definition) is 6. The van der Waals surface area contributed by atoms with Gasteiger partial charge in [0.1, 0.15) is 23.1 Å². The topological polar surface area (TPSA) is 53.5 Å². The molecule has 5 nitrogen and oxygen atoms in total. The molecule has 0 saturated heterocycles. The van der Waals surface area contributed by atoms with Gasteiger partial charge in [0.2, 0.25) is 0 Å². The summed E-state index contributed by atoms with van der Waals surface area (Å²) in [5.74, 6) is 2.64. The zero-order chi connectivity index (χ0) is 12.3. The fourth-order valence-corrected chi connectivity index (χ4v) is 1.82. The van der Waals surface area contributed by atoms with Crippen molar-refractivity contribution >= 4 is 11.5 Å². The van der Waals surface area contributed by atoms with Crippen molar-refractivity contribution in [1.29, 1.82) is 0 Å². The lowest BCUT2D eigenvalue weighted by atomic mass is 10.3. The third kappa shape index (κ3) is 2.85. The highest BCUT2D eigenvalue weighted by molar-refractivity contribution is 7.07. The standard InChI is InChI=1S/C11H12N2O3S/c1-7-12-11(17-13-7)16-10-5-8(14-2)4-9(6-10)15-3/h4-6H,1-3H3. The highest BCUT2D eigenvalue weighted by atomic mass is 32.1. The first-order valence-electron chi connectivity index (χ1n) is 4.92. The monoisotopic (exact) mass is 252 g/mol. The fourth-order valence-electron chi connectivity index (χ4n) is 1.26. The van der Waals surface area contributed by atoms with Crippen LogP contribution in [0.3, 0.4) is 0 Å². The van der Waals surface area contributed by atoms with Gasteiger partial charge in [0, 0.05) is 29.7 Å². The van der Waals surface area contributed by atoms with Crippen molar-refractivity contribution in [2.75, 3.05) is 14.2 Å². The van der Waals surface area contributed by atoms with Crippen molar-refractivity contribution in [3.05, 3.63) is 24.0 Å². The maximum Gasteiger partial charge on any atom is 0.298 e. The molecule has 0 unspecified atom stereocenters. The minimum absolute atomic E-state index is 0.498. The van der Waals surface area contributed by atoms with Crippen LogP contribution in [-0.4, -0.2) is 23.6 Å². The molecule has 0 atom stereocenters. The number of hydrogen-bond donors (Lipinski definition) is 0. The normalized spacial score (nSPS) is 10.1. The third-order valence-corrected chi connectivity index (χ3v) is 2.73. The van der Waals surface area contributed by atoms with Crippen LogP contribution < -0.4 is 14.2 Å². The van der Waals surface area contributed by atoms with Crippen LogP contribution >= 0.6 is 11.5 Å². The summed E-state index contributed by atoms with van der Waals surface area (Å²) in [5, 5.41) is 0.498. The van der Waals surface area contributed by atoms with Crippen LogP contribution in [0.2, 0.25) is 0 Å². The van der Waals surface area contributed by atoms with E-state index in [9.17, 15) is 0 Å². The molecule has 2 rings (SSSR count). The zero-order valence-electron chi connectivity index (χ0n) is 9.76. The number of benzene rings is 1. The molecule has 0 fully saturated rings. The smallest absolute Gasteiger partial charge is 0.298 e. The lowest BCUT2D eigenvalue weighted by Crippen LogP contribution is -1.90. The summed E-state index contributed by atoms with van der Waals surface area (Å²) in [6.45, 7) is 1.82. The second-order valence-electron chi connectivity index (χ2n) is 3.26. The second-order valence-corrected chi connectivity index (χ2v) is 3.97. The van der Waals surface area contributed by atoms with Gasteiger partial charge >= 0.3 is 0 Å². The van der Waals surface area contributed by atoms with E-state index in [0.29, 0.717) is 28.3 Å². The Balaban J connectivity index is 2.25. The van der Waals surface area contributed by atoms with Crippen LogP contribution in [0.4, 0.5) is 0 Å². The molecular formula is C11H12N2O3S. The van der Waals surface area contributed by atoms with E-state index in [1.807, 2.05) is 6.92 Å². The fraction of sp³-hybridized carbons (Fsp3) is 0.273. The molecule has 0 saturated carbocycles. The van der Waals surface area contributed by atoms with Crippen molar-refractivity contribution in [3.8, 4) is 22.4 Å². The largest absolute Gasteiger partial charge is 0.496 e. The zero-order valence-corrected chi connectivity index (χ0v) is 10.6. The maximum atomic E-state index is 5.57. The molecule has 0 N–H and O–H groups in total. The van der Waals surface area contributed by atoms with Crippen LogP contribution in [0.5, 0.6) is 22.4 Å². The first-order chi connectivity index (χ1) is 8.21. The molecule has 0 aliphatic carbocycles. The van der Waals surface area contributed by atoms with Gasteiger partial charge in [-0.1, -0.05) is 0 Å². The van der Waals surface area contributed by atoms with Gasteiger partial charge in [0.15, 0.2) is 0 Å². The molecule has 0 aliphatic heterocycles. The molecule has 0 amide bonds. The third-order valence-electron chi connectivity index (χ3n) is 2.04. The Morgan fingerprint density at radius 3 is 2.06 bits per heavy atom. The molecule has 6 heteroatoms. The van der Waals surface area contributed by atoms with Crippen molar-refractivity contribution in [1.82, 2.24) is 9.36 Å². The summed E-state index contributed by atoms with van der Waals surface area (Å²) in [6, 6.07) is 5.30. The first kappa shape index (κ1) is 11.7. The Labute approximate surface area is 103 Å². The first-order valence-corrected chi connectivity index (χ1v) is 5.70. The number of nitrogens with zero attached hydrogens (tertiary/aromatic N) is 2. The summed E-state index contributed by atoms with van der Waals surface area (Å²) in [6.07, 6.45) is 0. The van der Waals surface area contributed by atoms with E-state index < -0.39 is 0 Å². The predicted molar refractivity (Wildman–Crippen MR) is 64.3 cm³/mol. The van der Waals surface area contributed by atoms with E-state index in [-0.39, 0.29) is 0 Å². The Morgan fingerprint density at radius 2 is 1.59 bits per heavy atom. The minimum atomic E-state index is 0.498. The van der Waals surface area contributed by atoms with Crippen molar-refractivity contribution in [3.63, 3.8) is 0 Å². The van der Waals surface area contributed by atoms with Crippen molar-refractivity contribution in [2.24, 2.45) is 0 Å². The Morgan fingerprint density at radius 1 is 1.00 bits per heavy atom. The number of methoxy groups -OCH3 is 2. The Kier molecular flexibility index (Phi) is 3.43. The average molecular weight is 252 g/mol. The molecule has 17 heavy (non-hydrogen) atoms. The maximum absolute atomic E-state index is 5.57. The minimum Gasteiger partial charge on any atom is -0.496 e. The Bertz CT molecular complexity index is 491. The summed E-state index contributed by atoms with van der Waals surface area (Å²) >= 11 is 1.21. The number of aromatic nitrogens is 2. The van der Waals surface area contributed by atoms with E-state index in [1.165, 1.54) is 11.5 Å². The van der Waals surface area contributed by atoms with E-state index in [0.717, 1.165) is 0 Å². The van der Waals surface area contributed by atoms with Gasteiger partial charge in [-0.3, -0.25) is 0 Å². The average Bonchev–Trinajstić information content (AvgIpc) is 2.74. The number of aryl methyl sites for hydroxylation is 1. The van der Waals surface area contributed by atoms with Crippen LogP contribution in [-0.2, 0) is 0 Å². The summed E-state index contributed by atoms with van der Waals surface area (Å²) in [7, 11) is 3.18. The quantitative estimate of drug-likeness (QED) is 0.837. The van der Waals surface area contributed by atoms with Crippen LogP contribution in [0, 0.1) is 6.92 Å². The molecule has 1 heterocycles. The molecule has 1 aromatic heterocycles. The molecule has 0 bridgehead atoms. The lowest BCUT2D eigenvalue weighted by molar-refractivity contribution is 0.386. The number of ether oxygens (including phenoxy) is 3. The van der Waals surface area contributed by atoms with Gasteiger partial charge in [-0.2, -0.15) is 9.36 Å². The lowest BCUT2D eigenvalue weighted by Gasteiger charge is -2.07. The molecule has 1 aromatic carbocycles. The molecular weight excluding hydrogens is 240 g/mol. The van der Waals surface area contributed by atoms with Gasteiger partial charge in [-0.15, -0.1) is 0 Å². The van der Waals surface area contributed by atoms with Gasteiger partial charge < -0.3 is 14.2 Å². The number of rotatable bonds is 4. The summed E-state index contributed by atoms with van der Waals surface area (Å²) < 4.78 is 19.9. The van der Waals surface area contributed by atoms with Crippen LogP contribution in [0.25, 0.3) is 0 Å². The highest BCUT2D eigenvalue weighted by Crippen LogP contribution is 2.31. The molecule has 0 spiro atoms. The van der Waals surface area contributed by atoms with E-state index in [2.05, 4.69) is 9.36 Å². The summed E-state index contributed by atoms with van der Waals surface area (Å²) in [5.41, 5.74) is 0. The van der Waals surface area contributed by atoms with E-state index in [4.69, 9.17) is 14.2 Å². The van der Waals surface area contributed by atoms with Crippen LogP contribution in [0.1, 0.15) is 5.82 Å². The molecule has 90 valence electrons. The molecule has 0 aliphatic rings. The predicted octanol–water partition coefficient (Wildman–Crippen LogP) is 2.66. The summed E-state index contributed by atoms with van der Waals surface area (Å²) in [4.78, 5) is 4.12. The van der Waals surface area contributed by atoms with Crippen molar-refractivity contribution in [2.45, 2.75) is 6.92 Å². The van der Waals surface area contributed by atoms with Gasteiger partial charge in [0.05, 0.1) is 14.2 Å². The second kappa shape index (κ2) is 5.01. The Hall–Kier alpha value is -1.82. The van der Waals surface area contributed by atoms with E-state index in [1.54, 1.807) is 32.4 Å². The SMILES string of the molecule is COc1cc(OC)cc(Oc2nc(C)ns2)c1. The van der Waals surface area contributed by atoms with Crippen LogP contribution in [0.15, 0.2) is 18.2 Å².